The van der Waals surface area contributed by atoms with Gasteiger partial charge in [0.15, 0.2) is 0 Å². The van der Waals surface area contributed by atoms with Crippen molar-refractivity contribution in [3.8, 4) is 39.1 Å². The quantitative estimate of drug-likeness (QED) is 0.184. The van der Waals surface area contributed by atoms with Crippen molar-refractivity contribution < 1.29 is 0 Å². The lowest BCUT2D eigenvalue weighted by atomic mass is 9.93. The van der Waals surface area contributed by atoms with E-state index in [9.17, 15) is 0 Å². The highest BCUT2D eigenvalue weighted by Gasteiger charge is 2.25. The van der Waals surface area contributed by atoms with Crippen LogP contribution in [0.15, 0.2) is 152 Å². The Kier molecular flexibility index (Phi) is 9.46. The van der Waals surface area contributed by atoms with Gasteiger partial charge < -0.3 is 9.55 Å². The van der Waals surface area contributed by atoms with Gasteiger partial charge in [0.2, 0.25) is 0 Å². The van der Waals surface area contributed by atoms with E-state index in [2.05, 4.69) is 186 Å². The monoisotopic (exact) mass is 716 g/mol. The summed E-state index contributed by atoms with van der Waals surface area (Å²) in [4.78, 5) is 13.9. The maximum absolute atomic E-state index is 5.29. The minimum absolute atomic E-state index is 0.0278. The van der Waals surface area contributed by atoms with E-state index in [1.54, 1.807) is 0 Å². The molecular formula is C44H31Cl2N4P. The average Bonchev–Trinajstić information content (AvgIpc) is 3.98. The Hall–Kier alpha value is -5.51. The largest absolute Gasteiger partial charge is 0.355 e. The van der Waals surface area contributed by atoms with E-state index in [4.69, 9.17) is 32.4 Å². The van der Waals surface area contributed by atoms with E-state index in [1.165, 1.54) is 0 Å². The van der Waals surface area contributed by atoms with E-state index in [0.29, 0.717) is 0 Å². The molecule has 2 aliphatic heterocycles. The second-order valence-corrected chi connectivity index (χ2v) is 13.9. The fourth-order valence-corrected chi connectivity index (χ4v) is 6.81. The number of hydrogen-bond acceptors (Lipinski definition) is 2. The molecule has 1 N–H and O–H groups in total. The molecular weight excluding hydrogens is 686 g/mol. The summed E-state index contributed by atoms with van der Waals surface area (Å²) in [5.74, 6) is 0. The lowest BCUT2D eigenvalue weighted by Gasteiger charge is -2.13. The van der Waals surface area contributed by atoms with Gasteiger partial charge in [0, 0.05) is 33.4 Å². The van der Waals surface area contributed by atoms with Gasteiger partial charge in [-0.25, -0.2) is 9.97 Å². The number of aromatic nitrogens is 4. The molecule has 2 aliphatic rings. The number of H-pyrrole nitrogens is 1. The lowest BCUT2D eigenvalue weighted by Crippen LogP contribution is -1.97. The fraction of sp³-hybridized carbons (Fsp3) is 0. The Morgan fingerprint density at radius 1 is 0.471 bits per heavy atom. The zero-order valence-corrected chi connectivity index (χ0v) is 29.9. The van der Waals surface area contributed by atoms with Crippen molar-refractivity contribution in [1.82, 2.24) is 19.5 Å². The van der Waals surface area contributed by atoms with Gasteiger partial charge in [-0.15, -0.1) is 0 Å². The number of hydrogen-bond donors (Lipinski definition) is 1. The van der Waals surface area contributed by atoms with Crippen molar-refractivity contribution in [2.24, 2.45) is 0 Å². The standard InChI is InChI=1S/C44H30N4.Cl2HP/c1-5-13-30(14-6-1)41-39-26-25-36(47-39)28-35-22-21-33(45-35)27-34-23-24-37(46-34)29-40-42(31-15-7-2-8-16-31)43(32-17-9-3-10-18-32)44(41)48(40)38-19-11-4-12-20-38;1-3-2/h1-29,45H;3H. The molecule has 0 aliphatic carbocycles. The third-order valence-corrected chi connectivity index (χ3v) is 8.87. The molecule has 9 rings (SSSR count). The Balaban J connectivity index is 0.00000121. The van der Waals surface area contributed by atoms with Crippen molar-refractivity contribution >= 4 is 76.1 Å². The van der Waals surface area contributed by atoms with Crippen LogP contribution < -0.4 is 0 Å². The van der Waals surface area contributed by atoms with Crippen LogP contribution in [0.5, 0.6) is 0 Å². The highest BCUT2D eigenvalue weighted by Crippen LogP contribution is 2.47. The van der Waals surface area contributed by atoms with Crippen LogP contribution in [-0.4, -0.2) is 19.5 Å². The molecule has 8 bridgehead atoms. The molecule has 0 radical (unpaired) electrons. The molecule has 4 aromatic carbocycles. The van der Waals surface area contributed by atoms with Crippen LogP contribution in [0.2, 0.25) is 0 Å². The first-order chi connectivity index (χ1) is 25.2. The normalized spacial score (nSPS) is 11.6. The van der Waals surface area contributed by atoms with Crippen molar-refractivity contribution in [2.45, 2.75) is 0 Å². The van der Waals surface area contributed by atoms with Gasteiger partial charge in [0.05, 0.1) is 41.1 Å². The molecule has 0 amide bonds. The van der Waals surface area contributed by atoms with Crippen LogP contribution in [0, 0.1) is 0 Å². The minimum atomic E-state index is 0.0278. The van der Waals surface area contributed by atoms with Crippen molar-refractivity contribution in [3.63, 3.8) is 0 Å². The molecule has 4 nitrogen and oxygen atoms in total. The van der Waals surface area contributed by atoms with Gasteiger partial charge in [0.1, 0.15) is 0 Å². The number of aromatic amines is 1. The van der Waals surface area contributed by atoms with Crippen LogP contribution >= 0.6 is 29.8 Å². The third-order valence-electron chi connectivity index (χ3n) is 8.87. The van der Waals surface area contributed by atoms with Crippen LogP contribution in [-0.2, 0) is 0 Å². The minimum Gasteiger partial charge on any atom is -0.355 e. The SMILES string of the molecule is C1=Cc2cc3c(-c4ccccc4)c(-c4ccccc4)c(c(-c4ccccc4)c4nc(cc5ccc(cc1n2)[nH]5)C=C4)n3-c1ccccc1.ClPCl. The van der Waals surface area contributed by atoms with E-state index in [-0.39, 0.29) is 7.29 Å². The molecule has 0 spiro atoms. The van der Waals surface area contributed by atoms with E-state index in [1.807, 2.05) is 0 Å². The highest BCUT2D eigenvalue weighted by molar-refractivity contribution is 7.90. The third kappa shape index (κ3) is 6.70. The number of nitrogens with one attached hydrogen (secondary N) is 1. The molecule has 3 aromatic heterocycles. The van der Waals surface area contributed by atoms with Crippen LogP contribution in [0.3, 0.4) is 0 Å². The number of halogens is 2. The Labute approximate surface area is 307 Å². The molecule has 0 fully saturated rings. The molecule has 0 atom stereocenters. The number of para-hydroxylation sites is 1. The topological polar surface area (TPSA) is 46.5 Å². The Morgan fingerprint density at radius 3 is 1.49 bits per heavy atom. The lowest BCUT2D eigenvalue weighted by molar-refractivity contribution is 1.17. The van der Waals surface area contributed by atoms with E-state index < -0.39 is 0 Å². The molecule has 7 heteroatoms. The summed E-state index contributed by atoms with van der Waals surface area (Å²) in [6.45, 7) is 0. The van der Waals surface area contributed by atoms with E-state index >= 15 is 0 Å². The van der Waals surface area contributed by atoms with Gasteiger partial charge >= 0.3 is 0 Å². The summed E-state index contributed by atoms with van der Waals surface area (Å²) >= 11 is 9.58. The summed E-state index contributed by atoms with van der Waals surface area (Å²) in [5, 5.41) is 0. The first-order valence-corrected chi connectivity index (χ1v) is 19.6. The second kappa shape index (κ2) is 14.8. The first kappa shape index (κ1) is 32.7. The number of nitrogens with zero attached hydrogens (tertiary/aromatic N) is 3. The van der Waals surface area contributed by atoms with Gasteiger partial charge in [-0.2, -0.15) is 0 Å². The fourth-order valence-electron chi connectivity index (χ4n) is 6.81. The Bertz CT molecular complexity index is 2560. The summed E-state index contributed by atoms with van der Waals surface area (Å²) < 4.78 is 2.41. The highest BCUT2D eigenvalue weighted by atomic mass is 35.9. The summed E-state index contributed by atoms with van der Waals surface area (Å²) in [6.07, 6.45) is 8.44. The predicted molar refractivity (Wildman–Crippen MR) is 220 cm³/mol. The Morgan fingerprint density at radius 2 is 0.922 bits per heavy atom. The van der Waals surface area contributed by atoms with Crippen LogP contribution in [0.1, 0.15) is 22.8 Å². The van der Waals surface area contributed by atoms with Crippen LogP contribution in [0.25, 0.3) is 85.4 Å². The molecule has 246 valence electrons. The molecule has 0 saturated heterocycles. The molecule has 7 aromatic rings. The number of benzene rings is 4. The average molecular weight is 718 g/mol. The van der Waals surface area contributed by atoms with Crippen molar-refractivity contribution in [3.05, 3.63) is 174 Å². The summed E-state index contributed by atoms with van der Waals surface area (Å²) in [7, 11) is 0.0278. The molecule has 0 saturated carbocycles. The van der Waals surface area contributed by atoms with Gasteiger partial charge in [-0.1, -0.05) is 132 Å². The van der Waals surface area contributed by atoms with Gasteiger partial charge in [-0.3, -0.25) is 0 Å². The first-order valence-electron chi connectivity index (χ1n) is 16.6. The summed E-state index contributed by atoms with van der Waals surface area (Å²) in [6, 6.07) is 53.3. The van der Waals surface area contributed by atoms with Crippen molar-refractivity contribution in [1.29, 1.82) is 0 Å². The maximum Gasteiger partial charge on any atom is 0.0737 e. The maximum atomic E-state index is 5.29. The smallest absolute Gasteiger partial charge is 0.0737 e. The number of fused-ring (bicyclic) bond motifs is 8. The van der Waals surface area contributed by atoms with E-state index in [0.717, 1.165) is 83.9 Å². The van der Waals surface area contributed by atoms with Gasteiger partial charge in [-0.05, 0) is 83.5 Å². The number of rotatable bonds is 4. The molecule has 0 unspecified atom stereocenters. The van der Waals surface area contributed by atoms with Gasteiger partial charge in [0.25, 0.3) is 0 Å². The molecule has 51 heavy (non-hydrogen) atoms. The zero-order valence-electron chi connectivity index (χ0n) is 27.3. The van der Waals surface area contributed by atoms with Crippen molar-refractivity contribution in [2.75, 3.05) is 0 Å². The zero-order chi connectivity index (χ0) is 34.6. The van der Waals surface area contributed by atoms with Crippen LogP contribution in [0.4, 0.5) is 0 Å². The molecule has 5 heterocycles. The predicted octanol–water partition coefficient (Wildman–Crippen LogP) is 13.1. The summed E-state index contributed by atoms with van der Waals surface area (Å²) in [5.41, 5.74) is 15.4. The second-order valence-electron chi connectivity index (χ2n) is 12.1.